The smallest absolute Gasteiger partial charge is 0.0767 e. The van der Waals surface area contributed by atoms with Crippen LogP contribution in [0.2, 0.25) is 0 Å². The molecule has 0 aromatic carbocycles. The van der Waals surface area contributed by atoms with E-state index in [0.717, 1.165) is 0 Å². The van der Waals surface area contributed by atoms with Gasteiger partial charge in [0, 0.05) is 0 Å². The summed E-state index contributed by atoms with van der Waals surface area (Å²) in [6.07, 6.45) is 2.68. The molecule has 0 radical (unpaired) electrons. The summed E-state index contributed by atoms with van der Waals surface area (Å²) in [6.45, 7) is 2.53. The summed E-state index contributed by atoms with van der Waals surface area (Å²) in [6, 6.07) is 0. The third-order valence-corrected chi connectivity index (χ3v) is 1.53. The standard InChI is InChI=1S/C8H20N2/c1-9(2)7-5-6-8-10(3)4/h5-8H2,1-4H3/p+1. The lowest BCUT2D eigenvalue weighted by Gasteiger charge is -2.10. The van der Waals surface area contributed by atoms with E-state index in [4.69, 9.17) is 0 Å². The van der Waals surface area contributed by atoms with Crippen LogP contribution in [-0.4, -0.2) is 46.2 Å². The molecule has 0 aliphatic heterocycles. The first-order valence-electron chi connectivity index (χ1n) is 4.06. The molecule has 0 atom stereocenters. The molecule has 10 heavy (non-hydrogen) atoms. The van der Waals surface area contributed by atoms with Gasteiger partial charge in [-0.3, -0.25) is 0 Å². The fraction of sp³-hybridized carbons (Fsp3) is 1.00. The fourth-order valence-corrected chi connectivity index (χ4v) is 0.907. The Kier molecular flexibility index (Phi) is 5.64. The van der Waals surface area contributed by atoms with E-state index in [2.05, 4.69) is 33.1 Å². The number of hydrogen-bond donors (Lipinski definition) is 1. The van der Waals surface area contributed by atoms with Crippen LogP contribution in [0.4, 0.5) is 0 Å². The molecule has 0 aromatic rings. The van der Waals surface area contributed by atoms with Crippen molar-refractivity contribution in [1.29, 1.82) is 0 Å². The lowest BCUT2D eigenvalue weighted by atomic mass is 10.3. The van der Waals surface area contributed by atoms with Crippen molar-refractivity contribution in [3.8, 4) is 0 Å². The van der Waals surface area contributed by atoms with E-state index >= 15 is 0 Å². The summed E-state index contributed by atoms with van der Waals surface area (Å²) in [5.41, 5.74) is 0. The van der Waals surface area contributed by atoms with Crippen LogP contribution in [0.25, 0.3) is 0 Å². The maximum absolute atomic E-state index is 2.24. The summed E-state index contributed by atoms with van der Waals surface area (Å²) in [7, 11) is 8.66. The van der Waals surface area contributed by atoms with Gasteiger partial charge in [-0.05, 0) is 33.5 Å². The van der Waals surface area contributed by atoms with Gasteiger partial charge in [-0.15, -0.1) is 0 Å². The molecule has 0 heterocycles. The lowest BCUT2D eigenvalue weighted by molar-refractivity contribution is -0.858. The molecule has 1 N–H and O–H groups in total. The molecule has 0 amide bonds. The number of unbranched alkanes of at least 4 members (excludes halogenated alkanes) is 1. The highest BCUT2D eigenvalue weighted by molar-refractivity contribution is 4.42. The molecule has 0 bridgehead atoms. The molecule has 0 rings (SSSR count). The predicted octanol–water partition coefficient (Wildman–Crippen LogP) is -0.527. The first-order chi connectivity index (χ1) is 4.63. The molecular weight excluding hydrogens is 124 g/mol. The van der Waals surface area contributed by atoms with Gasteiger partial charge in [-0.2, -0.15) is 0 Å². The summed E-state index contributed by atoms with van der Waals surface area (Å²) in [5.74, 6) is 0. The van der Waals surface area contributed by atoms with Crippen molar-refractivity contribution in [2.45, 2.75) is 12.8 Å². The van der Waals surface area contributed by atoms with Crippen molar-refractivity contribution in [3.05, 3.63) is 0 Å². The number of hydrogen-bond acceptors (Lipinski definition) is 1. The Morgan fingerprint density at radius 2 is 1.70 bits per heavy atom. The predicted molar refractivity (Wildman–Crippen MR) is 45.5 cm³/mol. The lowest BCUT2D eigenvalue weighted by Crippen LogP contribution is -3.05. The molecule has 2 heteroatoms. The third-order valence-electron chi connectivity index (χ3n) is 1.53. The Labute approximate surface area is 64.8 Å². The van der Waals surface area contributed by atoms with Gasteiger partial charge in [0.1, 0.15) is 0 Å². The molecule has 0 aliphatic rings. The quantitative estimate of drug-likeness (QED) is 0.511. The summed E-state index contributed by atoms with van der Waals surface area (Å²) >= 11 is 0. The minimum absolute atomic E-state index is 1.23. The van der Waals surface area contributed by atoms with Crippen molar-refractivity contribution < 1.29 is 4.90 Å². The Morgan fingerprint density at radius 3 is 2.10 bits per heavy atom. The van der Waals surface area contributed by atoms with Gasteiger partial charge in [0.15, 0.2) is 0 Å². The van der Waals surface area contributed by atoms with Crippen molar-refractivity contribution in [2.75, 3.05) is 41.3 Å². The second kappa shape index (κ2) is 5.69. The summed E-state index contributed by atoms with van der Waals surface area (Å²) in [5, 5.41) is 0. The topological polar surface area (TPSA) is 7.68 Å². The molecule has 0 fully saturated rings. The summed E-state index contributed by atoms with van der Waals surface area (Å²) < 4.78 is 0. The molecule has 0 spiro atoms. The second-order valence-corrected chi connectivity index (χ2v) is 3.47. The largest absolute Gasteiger partial charge is 0.340 e. The minimum Gasteiger partial charge on any atom is -0.340 e. The number of nitrogens with zero attached hydrogens (tertiary/aromatic N) is 1. The molecule has 0 aromatic heterocycles. The van der Waals surface area contributed by atoms with Crippen LogP contribution in [0.15, 0.2) is 0 Å². The maximum atomic E-state index is 2.24. The van der Waals surface area contributed by atoms with E-state index in [1.807, 2.05) is 0 Å². The average molecular weight is 145 g/mol. The normalized spacial score (nSPS) is 11.4. The zero-order valence-corrected chi connectivity index (χ0v) is 7.78. The first kappa shape index (κ1) is 9.92. The van der Waals surface area contributed by atoms with Gasteiger partial charge in [0.25, 0.3) is 0 Å². The van der Waals surface area contributed by atoms with Crippen LogP contribution >= 0.6 is 0 Å². The molecule has 0 unspecified atom stereocenters. The van der Waals surface area contributed by atoms with E-state index < -0.39 is 0 Å². The molecule has 0 saturated carbocycles. The van der Waals surface area contributed by atoms with Gasteiger partial charge in [-0.25, -0.2) is 0 Å². The van der Waals surface area contributed by atoms with Crippen LogP contribution in [0.5, 0.6) is 0 Å². The van der Waals surface area contributed by atoms with E-state index in [1.165, 1.54) is 25.9 Å². The van der Waals surface area contributed by atoms with Gasteiger partial charge < -0.3 is 9.80 Å². The van der Waals surface area contributed by atoms with Gasteiger partial charge >= 0.3 is 0 Å². The van der Waals surface area contributed by atoms with E-state index in [0.29, 0.717) is 0 Å². The van der Waals surface area contributed by atoms with Gasteiger partial charge in [0.05, 0.1) is 20.6 Å². The zero-order valence-electron chi connectivity index (χ0n) is 7.78. The Hall–Kier alpha value is -0.0800. The van der Waals surface area contributed by atoms with E-state index in [1.54, 1.807) is 4.90 Å². The molecule has 2 nitrogen and oxygen atoms in total. The minimum atomic E-state index is 1.23. The van der Waals surface area contributed by atoms with Crippen molar-refractivity contribution in [1.82, 2.24) is 4.90 Å². The van der Waals surface area contributed by atoms with Crippen LogP contribution in [0.1, 0.15) is 12.8 Å². The number of quaternary nitrogens is 1. The van der Waals surface area contributed by atoms with Crippen molar-refractivity contribution in [2.24, 2.45) is 0 Å². The number of nitrogens with one attached hydrogen (secondary N) is 1. The van der Waals surface area contributed by atoms with Crippen molar-refractivity contribution in [3.63, 3.8) is 0 Å². The van der Waals surface area contributed by atoms with Crippen LogP contribution in [0.3, 0.4) is 0 Å². The molecule has 0 aliphatic carbocycles. The van der Waals surface area contributed by atoms with E-state index in [-0.39, 0.29) is 0 Å². The highest BCUT2D eigenvalue weighted by Crippen LogP contribution is 1.86. The highest BCUT2D eigenvalue weighted by atomic mass is 15.1. The number of rotatable bonds is 5. The second-order valence-electron chi connectivity index (χ2n) is 3.47. The van der Waals surface area contributed by atoms with Crippen LogP contribution < -0.4 is 4.90 Å². The molecular formula is C8H21N2+. The maximum Gasteiger partial charge on any atom is 0.0767 e. The Morgan fingerprint density at radius 1 is 1.10 bits per heavy atom. The fourth-order valence-electron chi connectivity index (χ4n) is 0.907. The van der Waals surface area contributed by atoms with E-state index in [9.17, 15) is 0 Å². The SMILES string of the molecule is CN(C)CCCC[NH+](C)C. The Balaban J connectivity index is 2.91. The Bertz CT molecular complexity index is 59.7. The van der Waals surface area contributed by atoms with Crippen LogP contribution in [-0.2, 0) is 0 Å². The van der Waals surface area contributed by atoms with Crippen LogP contribution in [0, 0.1) is 0 Å². The average Bonchev–Trinajstić information content (AvgIpc) is 1.79. The highest BCUT2D eigenvalue weighted by Gasteiger charge is 1.93. The molecule has 0 saturated heterocycles. The first-order valence-corrected chi connectivity index (χ1v) is 4.06. The molecule has 62 valence electrons. The monoisotopic (exact) mass is 145 g/mol. The van der Waals surface area contributed by atoms with Crippen molar-refractivity contribution >= 4 is 0 Å². The van der Waals surface area contributed by atoms with Gasteiger partial charge in [-0.1, -0.05) is 0 Å². The van der Waals surface area contributed by atoms with Gasteiger partial charge in [0.2, 0.25) is 0 Å². The summed E-state index contributed by atoms with van der Waals surface area (Å²) in [4.78, 5) is 3.80. The zero-order chi connectivity index (χ0) is 7.98. The third kappa shape index (κ3) is 7.92.